The van der Waals surface area contributed by atoms with Gasteiger partial charge >= 0.3 is 0 Å². The Hall–Kier alpha value is -2.18. The number of aromatic nitrogens is 3. The maximum atomic E-state index is 10.3. The van der Waals surface area contributed by atoms with Crippen LogP contribution in [-0.4, -0.2) is 54.8 Å². The molecule has 0 aromatic carbocycles. The fourth-order valence-electron chi connectivity index (χ4n) is 2.91. The summed E-state index contributed by atoms with van der Waals surface area (Å²) < 4.78 is 7.18. The minimum Gasteiger partial charge on any atom is -0.394 e. The Labute approximate surface area is 137 Å². The van der Waals surface area contributed by atoms with Crippen molar-refractivity contribution >= 4 is 16.9 Å². The molecule has 126 valence electrons. The van der Waals surface area contributed by atoms with E-state index in [0.29, 0.717) is 28.3 Å². The van der Waals surface area contributed by atoms with Crippen LogP contribution in [0.4, 0.5) is 5.82 Å². The molecule has 2 aliphatic rings. The van der Waals surface area contributed by atoms with Gasteiger partial charge in [-0.15, -0.1) is 0 Å². The van der Waals surface area contributed by atoms with E-state index in [2.05, 4.69) is 21.8 Å². The molecule has 0 unspecified atom stereocenters. The van der Waals surface area contributed by atoms with E-state index in [-0.39, 0.29) is 6.61 Å². The monoisotopic (exact) mass is 330 g/mol. The summed E-state index contributed by atoms with van der Waals surface area (Å²) in [6.45, 7) is -0.389. The molecule has 1 aliphatic carbocycles. The van der Waals surface area contributed by atoms with Crippen molar-refractivity contribution in [1.29, 1.82) is 0 Å². The molecule has 4 rings (SSSR count). The molecule has 24 heavy (non-hydrogen) atoms. The van der Waals surface area contributed by atoms with Crippen LogP contribution in [0.3, 0.4) is 0 Å². The first-order chi connectivity index (χ1) is 11.6. The summed E-state index contributed by atoms with van der Waals surface area (Å²) >= 11 is 0. The topological polar surface area (TPSA) is 127 Å². The molecule has 8 nitrogen and oxygen atoms in total. The third-order valence-corrected chi connectivity index (χ3v) is 4.42. The van der Waals surface area contributed by atoms with E-state index in [0.717, 1.165) is 12.8 Å². The molecule has 1 saturated heterocycles. The van der Waals surface area contributed by atoms with Crippen LogP contribution in [0, 0.1) is 17.8 Å². The number of nitrogens with two attached hydrogens (primary N) is 1. The van der Waals surface area contributed by atoms with Crippen LogP contribution < -0.4 is 5.73 Å². The predicted octanol–water partition coefficient (Wildman–Crippen LogP) is -0.614. The largest absolute Gasteiger partial charge is 0.394 e. The molecule has 0 radical (unpaired) electrons. The number of aliphatic hydroxyl groups is 3. The summed E-state index contributed by atoms with van der Waals surface area (Å²) in [6, 6.07) is 0. The lowest BCUT2D eigenvalue weighted by Gasteiger charge is -2.17. The zero-order valence-corrected chi connectivity index (χ0v) is 12.8. The maximum absolute atomic E-state index is 10.3. The lowest BCUT2D eigenvalue weighted by molar-refractivity contribution is -0.0508. The Bertz CT molecular complexity index is 836. The van der Waals surface area contributed by atoms with Gasteiger partial charge in [0.1, 0.15) is 36.1 Å². The first kappa shape index (κ1) is 15.4. The SMILES string of the molecule is Nc1ncnc2c1c(C#CC1CC1)cn2[C@@H]1O[C@H](CO)[C@@H](O)[C@H]1O. The molecule has 0 spiro atoms. The Morgan fingerprint density at radius 3 is 2.75 bits per heavy atom. The van der Waals surface area contributed by atoms with E-state index in [1.165, 1.54) is 6.33 Å². The lowest BCUT2D eigenvalue weighted by atomic mass is 10.1. The van der Waals surface area contributed by atoms with Crippen molar-refractivity contribution < 1.29 is 20.1 Å². The summed E-state index contributed by atoms with van der Waals surface area (Å²) in [5, 5.41) is 30.1. The normalized spacial score (nSPS) is 29.6. The highest BCUT2D eigenvalue weighted by Crippen LogP contribution is 2.34. The molecule has 2 aromatic rings. The van der Waals surface area contributed by atoms with Gasteiger partial charge in [-0.2, -0.15) is 0 Å². The molecule has 3 heterocycles. The van der Waals surface area contributed by atoms with Gasteiger partial charge in [0.05, 0.1) is 17.6 Å². The van der Waals surface area contributed by atoms with Gasteiger partial charge in [0.15, 0.2) is 6.23 Å². The molecule has 4 atom stereocenters. The number of rotatable bonds is 2. The summed E-state index contributed by atoms with van der Waals surface area (Å²) in [6.07, 6.45) is 1.11. The van der Waals surface area contributed by atoms with Gasteiger partial charge in [0.25, 0.3) is 0 Å². The van der Waals surface area contributed by atoms with E-state index in [4.69, 9.17) is 10.5 Å². The fraction of sp³-hybridized carbons (Fsp3) is 0.500. The van der Waals surface area contributed by atoms with E-state index in [9.17, 15) is 15.3 Å². The Balaban J connectivity index is 1.81. The van der Waals surface area contributed by atoms with Crippen LogP contribution in [0.15, 0.2) is 12.5 Å². The van der Waals surface area contributed by atoms with E-state index >= 15 is 0 Å². The number of aliphatic hydroxyl groups excluding tert-OH is 3. The fourth-order valence-corrected chi connectivity index (χ4v) is 2.91. The van der Waals surface area contributed by atoms with Crippen molar-refractivity contribution in [3.63, 3.8) is 0 Å². The molecule has 0 amide bonds. The third kappa shape index (κ3) is 2.42. The minimum absolute atomic E-state index is 0.297. The molecule has 1 saturated carbocycles. The van der Waals surface area contributed by atoms with Crippen molar-refractivity contribution in [2.24, 2.45) is 5.92 Å². The number of hydrogen-bond acceptors (Lipinski definition) is 7. The Morgan fingerprint density at radius 1 is 1.29 bits per heavy atom. The van der Waals surface area contributed by atoms with Crippen molar-refractivity contribution in [2.45, 2.75) is 37.4 Å². The summed E-state index contributed by atoms with van der Waals surface area (Å²) in [5.74, 6) is 6.99. The van der Waals surface area contributed by atoms with Gasteiger partial charge in [-0.05, 0) is 12.8 Å². The second kappa shape index (κ2) is 5.72. The van der Waals surface area contributed by atoms with Crippen molar-refractivity contribution in [1.82, 2.24) is 14.5 Å². The van der Waals surface area contributed by atoms with Gasteiger partial charge in [0, 0.05) is 12.1 Å². The first-order valence-electron chi connectivity index (χ1n) is 7.85. The Morgan fingerprint density at radius 2 is 2.08 bits per heavy atom. The first-order valence-corrected chi connectivity index (χ1v) is 7.85. The average molecular weight is 330 g/mol. The van der Waals surface area contributed by atoms with Gasteiger partial charge in [-0.3, -0.25) is 0 Å². The van der Waals surface area contributed by atoms with Crippen LogP contribution >= 0.6 is 0 Å². The zero-order chi connectivity index (χ0) is 16.8. The average Bonchev–Trinajstić information content (AvgIpc) is 3.27. The second-order valence-corrected chi connectivity index (χ2v) is 6.18. The molecule has 1 aliphatic heterocycles. The standard InChI is InChI=1S/C16H18N4O4/c17-14-11-9(4-3-8-1-2-8)5-20(15(11)19-7-18-14)16-13(23)12(22)10(6-21)24-16/h5,7-8,10,12-13,16,21-23H,1-2,6H2,(H2,17,18,19)/t10-,12-,13-,16-/m1/s1. The summed E-state index contributed by atoms with van der Waals surface area (Å²) in [5.41, 5.74) is 7.11. The third-order valence-electron chi connectivity index (χ3n) is 4.42. The van der Waals surface area contributed by atoms with Crippen molar-refractivity contribution in [3.8, 4) is 11.8 Å². The molecular formula is C16H18N4O4. The molecule has 2 fully saturated rings. The number of ether oxygens (including phenoxy) is 1. The number of nitrogens with zero attached hydrogens (tertiary/aromatic N) is 3. The maximum Gasteiger partial charge on any atom is 0.164 e. The van der Waals surface area contributed by atoms with Crippen LogP contribution in [0.2, 0.25) is 0 Å². The lowest BCUT2D eigenvalue weighted by Crippen LogP contribution is -2.33. The number of anilines is 1. The van der Waals surface area contributed by atoms with Gasteiger partial charge < -0.3 is 30.4 Å². The van der Waals surface area contributed by atoms with Crippen LogP contribution in [0.25, 0.3) is 11.0 Å². The number of fused-ring (bicyclic) bond motifs is 1. The van der Waals surface area contributed by atoms with Crippen LogP contribution in [0.1, 0.15) is 24.6 Å². The highest BCUT2D eigenvalue weighted by Gasteiger charge is 2.44. The van der Waals surface area contributed by atoms with E-state index < -0.39 is 24.5 Å². The molecular weight excluding hydrogens is 312 g/mol. The van der Waals surface area contributed by atoms with E-state index in [1.807, 2.05) is 0 Å². The molecule has 2 aromatic heterocycles. The minimum atomic E-state index is -1.20. The quantitative estimate of drug-likeness (QED) is 0.541. The van der Waals surface area contributed by atoms with Crippen LogP contribution in [0.5, 0.6) is 0 Å². The van der Waals surface area contributed by atoms with E-state index in [1.54, 1.807) is 10.8 Å². The summed E-state index contributed by atoms with van der Waals surface area (Å²) in [7, 11) is 0. The molecule has 8 heteroatoms. The Kier molecular flexibility index (Phi) is 3.66. The zero-order valence-electron chi connectivity index (χ0n) is 12.8. The number of nitrogen functional groups attached to an aromatic ring is 1. The summed E-state index contributed by atoms with van der Waals surface area (Å²) in [4.78, 5) is 8.24. The molecule has 5 N–H and O–H groups in total. The smallest absolute Gasteiger partial charge is 0.164 e. The van der Waals surface area contributed by atoms with Gasteiger partial charge in [0.2, 0.25) is 0 Å². The second-order valence-electron chi connectivity index (χ2n) is 6.18. The van der Waals surface area contributed by atoms with Crippen molar-refractivity contribution in [3.05, 3.63) is 18.1 Å². The highest BCUT2D eigenvalue weighted by atomic mass is 16.6. The molecule has 0 bridgehead atoms. The van der Waals surface area contributed by atoms with Crippen LogP contribution in [-0.2, 0) is 4.74 Å². The van der Waals surface area contributed by atoms with Gasteiger partial charge in [-0.1, -0.05) is 11.8 Å². The highest BCUT2D eigenvalue weighted by molar-refractivity contribution is 5.92. The number of hydrogen-bond donors (Lipinski definition) is 4. The van der Waals surface area contributed by atoms with Gasteiger partial charge in [-0.25, -0.2) is 9.97 Å². The van der Waals surface area contributed by atoms with Crippen molar-refractivity contribution in [2.75, 3.05) is 12.3 Å². The predicted molar refractivity (Wildman–Crippen MR) is 84.6 cm³/mol.